The van der Waals surface area contributed by atoms with Crippen molar-refractivity contribution in [1.82, 2.24) is 4.72 Å². The summed E-state index contributed by atoms with van der Waals surface area (Å²) in [5, 5.41) is 9.59. The molecule has 1 atom stereocenters. The summed E-state index contributed by atoms with van der Waals surface area (Å²) in [4.78, 5) is 0. The average molecular weight is 362 g/mol. The zero-order chi connectivity index (χ0) is 18.7. The highest BCUT2D eigenvalue weighted by atomic mass is 32.2. The molecule has 0 spiro atoms. The molecule has 0 aliphatic heterocycles. The molecule has 0 aliphatic carbocycles. The summed E-state index contributed by atoms with van der Waals surface area (Å²) in [7, 11) is -3.45. The van der Waals surface area contributed by atoms with Gasteiger partial charge in [-0.1, -0.05) is 55.5 Å². The Morgan fingerprint density at radius 3 is 1.92 bits per heavy atom. The molecule has 0 aromatic heterocycles. The van der Waals surface area contributed by atoms with Crippen molar-refractivity contribution >= 4 is 10.0 Å². The summed E-state index contributed by atoms with van der Waals surface area (Å²) in [6.45, 7) is 7.56. The molecule has 0 saturated carbocycles. The molecule has 2 aromatic rings. The topological polar surface area (TPSA) is 66.4 Å². The molecule has 0 saturated heterocycles. The van der Waals surface area contributed by atoms with Crippen LogP contribution in [0.4, 0.5) is 0 Å². The Labute approximate surface area is 151 Å². The highest BCUT2D eigenvalue weighted by Gasteiger charge is 2.35. The second kappa shape index (κ2) is 7.68. The van der Waals surface area contributed by atoms with Crippen molar-refractivity contribution in [2.24, 2.45) is 0 Å². The summed E-state index contributed by atoms with van der Waals surface area (Å²) in [5.41, 5.74) is 3.66. The molecular formula is C20H27NO3S. The third-order valence-corrected chi connectivity index (χ3v) is 6.68. The zero-order valence-electron chi connectivity index (χ0n) is 15.3. The molecule has 0 amide bonds. The Hall–Kier alpha value is -1.69. The minimum Gasteiger partial charge on any atom is -0.389 e. The fourth-order valence-electron chi connectivity index (χ4n) is 2.59. The predicted octanol–water partition coefficient (Wildman–Crippen LogP) is 3.97. The molecule has 25 heavy (non-hydrogen) atoms. The van der Waals surface area contributed by atoms with Crippen LogP contribution in [0.25, 0.3) is 11.1 Å². The fourth-order valence-corrected chi connectivity index (χ4v) is 3.87. The second-order valence-electron chi connectivity index (χ2n) is 6.78. The van der Waals surface area contributed by atoms with Gasteiger partial charge in [-0.05, 0) is 49.4 Å². The van der Waals surface area contributed by atoms with E-state index in [1.165, 1.54) is 0 Å². The molecule has 2 rings (SSSR count). The number of aliphatic hydroxyl groups is 1. The van der Waals surface area contributed by atoms with Crippen LogP contribution in [0.2, 0.25) is 0 Å². The van der Waals surface area contributed by atoms with Crippen LogP contribution >= 0.6 is 0 Å². The van der Waals surface area contributed by atoms with Crippen molar-refractivity contribution in [3.8, 4) is 11.1 Å². The molecule has 1 unspecified atom stereocenters. The normalized spacial score (nSPS) is 13.6. The maximum atomic E-state index is 12.5. The molecule has 0 fully saturated rings. The van der Waals surface area contributed by atoms with Gasteiger partial charge in [0, 0.05) is 6.54 Å². The number of sulfonamides is 1. The fraction of sp³-hybridized carbons (Fsp3) is 0.400. The Balaban J connectivity index is 2.27. The Morgan fingerprint density at radius 1 is 1.00 bits per heavy atom. The van der Waals surface area contributed by atoms with E-state index >= 15 is 0 Å². The summed E-state index contributed by atoms with van der Waals surface area (Å²) >= 11 is 0. The van der Waals surface area contributed by atoms with Gasteiger partial charge in [-0.3, -0.25) is 0 Å². The van der Waals surface area contributed by atoms with Gasteiger partial charge >= 0.3 is 0 Å². The van der Waals surface area contributed by atoms with Crippen LogP contribution in [0, 0.1) is 0 Å². The predicted molar refractivity (Wildman–Crippen MR) is 103 cm³/mol. The lowest BCUT2D eigenvalue weighted by atomic mass is 9.97. The molecule has 136 valence electrons. The number of rotatable bonds is 7. The Morgan fingerprint density at radius 2 is 1.48 bits per heavy atom. The number of nitrogens with one attached hydrogen (secondary N) is 1. The highest BCUT2D eigenvalue weighted by Crippen LogP contribution is 2.31. The lowest BCUT2D eigenvalue weighted by Gasteiger charge is -2.26. The summed E-state index contributed by atoms with van der Waals surface area (Å²) in [6, 6.07) is 15.3. The minimum absolute atomic E-state index is 0.444. The van der Waals surface area contributed by atoms with E-state index in [0.29, 0.717) is 6.54 Å². The lowest BCUT2D eigenvalue weighted by molar-refractivity contribution is 0.199. The minimum atomic E-state index is -3.45. The van der Waals surface area contributed by atoms with Crippen molar-refractivity contribution in [2.75, 3.05) is 6.54 Å². The number of aliphatic hydroxyl groups excluding tert-OH is 1. The molecular weight excluding hydrogens is 334 g/mol. The van der Waals surface area contributed by atoms with Crippen LogP contribution < -0.4 is 4.72 Å². The van der Waals surface area contributed by atoms with Crippen LogP contribution in [0.3, 0.4) is 0 Å². The number of benzene rings is 2. The van der Waals surface area contributed by atoms with Crippen molar-refractivity contribution in [2.45, 2.75) is 45.0 Å². The molecule has 4 nitrogen and oxygen atoms in total. The van der Waals surface area contributed by atoms with Gasteiger partial charge in [0.2, 0.25) is 10.0 Å². The first-order valence-corrected chi connectivity index (χ1v) is 10.1. The van der Waals surface area contributed by atoms with Gasteiger partial charge in [0.15, 0.2) is 0 Å². The second-order valence-corrected chi connectivity index (χ2v) is 9.10. The third-order valence-electron chi connectivity index (χ3n) is 4.52. The number of hydrogen-bond donors (Lipinski definition) is 2. The first-order valence-electron chi connectivity index (χ1n) is 8.57. The van der Waals surface area contributed by atoms with E-state index in [4.69, 9.17) is 0 Å². The molecule has 2 aromatic carbocycles. The maximum absolute atomic E-state index is 12.5. The van der Waals surface area contributed by atoms with Crippen molar-refractivity contribution in [3.05, 3.63) is 59.7 Å². The maximum Gasteiger partial charge on any atom is 0.221 e. The van der Waals surface area contributed by atoms with Gasteiger partial charge in [-0.2, -0.15) is 0 Å². The lowest BCUT2D eigenvalue weighted by Crippen LogP contribution is -2.39. The van der Waals surface area contributed by atoms with E-state index in [0.717, 1.165) is 28.7 Å². The van der Waals surface area contributed by atoms with E-state index in [-0.39, 0.29) is 0 Å². The average Bonchev–Trinajstić information content (AvgIpc) is 2.60. The van der Waals surface area contributed by atoms with Crippen LogP contribution in [0.5, 0.6) is 0 Å². The van der Waals surface area contributed by atoms with Gasteiger partial charge in [-0.25, -0.2) is 13.1 Å². The molecule has 5 heteroatoms. The van der Waals surface area contributed by atoms with Crippen LogP contribution in [-0.2, 0) is 14.8 Å². The van der Waals surface area contributed by atoms with Gasteiger partial charge in [0.25, 0.3) is 0 Å². The monoisotopic (exact) mass is 361 g/mol. The van der Waals surface area contributed by atoms with Crippen molar-refractivity contribution in [1.29, 1.82) is 0 Å². The molecule has 0 bridgehead atoms. The molecule has 2 N–H and O–H groups in total. The number of hydrogen-bond acceptors (Lipinski definition) is 3. The largest absolute Gasteiger partial charge is 0.389 e. The van der Waals surface area contributed by atoms with E-state index < -0.39 is 20.9 Å². The standard InChI is InChI=1S/C20H27NO3S/c1-5-14-21-25(23,24)20(3,4)19-12-10-18(11-13-19)17-8-6-16(7-9-17)15(2)22/h6-13,15,21-22H,5,14H2,1-4H3. The summed E-state index contributed by atoms with van der Waals surface area (Å²) in [6.07, 6.45) is 0.273. The summed E-state index contributed by atoms with van der Waals surface area (Å²) < 4.78 is 26.7. The zero-order valence-corrected chi connectivity index (χ0v) is 16.1. The van der Waals surface area contributed by atoms with Crippen LogP contribution in [0.15, 0.2) is 48.5 Å². The smallest absolute Gasteiger partial charge is 0.221 e. The molecule has 0 aliphatic rings. The molecule has 0 heterocycles. The Bertz CT molecular complexity index is 792. The van der Waals surface area contributed by atoms with E-state index in [9.17, 15) is 13.5 Å². The highest BCUT2D eigenvalue weighted by molar-refractivity contribution is 7.90. The van der Waals surface area contributed by atoms with Crippen LogP contribution in [-0.4, -0.2) is 20.1 Å². The molecule has 0 radical (unpaired) electrons. The van der Waals surface area contributed by atoms with E-state index in [1.807, 2.05) is 55.5 Å². The van der Waals surface area contributed by atoms with Gasteiger partial charge < -0.3 is 5.11 Å². The van der Waals surface area contributed by atoms with Crippen molar-refractivity contribution < 1.29 is 13.5 Å². The van der Waals surface area contributed by atoms with Gasteiger partial charge in [-0.15, -0.1) is 0 Å². The first-order chi connectivity index (χ1) is 11.7. The van der Waals surface area contributed by atoms with Gasteiger partial charge in [0.1, 0.15) is 4.75 Å². The third kappa shape index (κ3) is 4.29. The summed E-state index contributed by atoms with van der Waals surface area (Å²) in [5.74, 6) is 0. The van der Waals surface area contributed by atoms with E-state index in [2.05, 4.69) is 4.72 Å². The SMILES string of the molecule is CCCNS(=O)(=O)C(C)(C)c1ccc(-c2ccc(C(C)O)cc2)cc1. The Kier molecular flexibility index (Phi) is 6.03. The van der Waals surface area contributed by atoms with E-state index in [1.54, 1.807) is 20.8 Å². The quantitative estimate of drug-likeness (QED) is 0.784. The van der Waals surface area contributed by atoms with Gasteiger partial charge in [0.05, 0.1) is 6.10 Å². The van der Waals surface area contributed by atoms with Crippen molar-refractivity contribution in [3.63, 3.8) is 0 Å². The van der Waals surface area contributed by atoms with Crippen LogP contribution in [0.1, 0.15) is 51.3 Å². The first kappa shape index (κ1) is 19.6.